The van der Waals surface area contributed by atoms with Crippen LogP contribution in [-0.4, -0.2) is 23.8 Å². The van der Waals surface area contributed by atoms with Crippen LogP contribution < -0.4 is 20.5 Å². The van der Waals surface area contributed by atoms with Crippen molar-refractivity contribution in [1.29, 1.82) is 0 Å². The largest absolute Gasteiger partial charge is 0.493 e. The number of rotatable bonds is 4. The number of hydrogen-bond acceptors (Lipinski definition) is 5. The van der Waals surface area contributed by atoms with Gasteiger partial charge in [-0.2, -0.15) is 4.98 Å². The molecule has 0 bridgehead atoms. The summed E-state index contributed by atoms with van der Waals surface area (Å²) in [6, 6.07) is 10.1. The van der Waals surface area contributed by atoms with E-state index in [-0.39, 0.29) is 11.6 Å². The minimum absolute atomic E-state index is 0.159. The Bertz CT molecular complexity index is 1170. The van der Waals surface area contributed by atoms with Crippen LogP contribution in [0.4, 0.5) is 11.5 Å². The molecule has 0 saturated carbocycles. The van der Waals surface area contributed by atoms with Crippen molar-refractivity contribution in [3.63, 3.8) is 0 Å². The van der Waals surface area contributed by atoms with Gasteiger partial charge >= 0.3 is 5.69 Å². The van der Waals surface area contributed by atoms with Gasteiger partial charge in [-0.25, -0.2) is 4.79 Å². The fraction of sp³-hybridized carbons (Fsp3) is 0.333. The number of nitrogens with zero attached hydrogens (tertiary/aromatic N) is 2. The number of anilines is 2. The maximum absolute atomic E-state index is 12.9. The molecule has 0 saturated heterocycles. The van der Waals surface area contributed by atoms with Gasteiger partial charge in [0.1, 0.15) is 5.82 Å². The van der Waals surface area contributed by atoms with Crippen molar-refractivity contribution in [3.8, 4) is 22.8 Å². The third kappa shape index (κ3) is 3.32. The summed E-state index contributed by atoms with van der Waals surface area (Å²) in [6.07, 6.45) is 0. The zero-order valence-corrected chi connectivity index (χ0v) is 18.3. The highest BCUT2D eigenvalue weighted by Gasteiger charge is 2.26. The molecule has 6 heteroatoms. The van der Waals surface area contributed by atoms with E-state index in [1.165, 1.54) is 5.56 Å². The summed E-state index contributed by atoms with van der Waals surface area (Å²) in [6.45, 7) is 8.87. The molecule has 1 aromatic heterocycles. The van der Waals surface area contributed by atoms with E-state index in [9.17, 15) is 4.79 Å². The minimum Gasteiger partial charge on any atom is -0.493 e. The van der Waals surface area contributed by atoms with Crippen LogP contribution in [-0.2, 0) is 6.54 Å². The molecule has 0 amide bonds. The SMILES string of the molecule is COc1cc2c(cc1OC)C(C)Cn1c-2cc(Nc2c(C)cc(C)cc2C)nc1=O. The molecule has 30 heavy (non-hydrogen) atoms. The second kappa shape index (κ2) is 7.52. The Balaban J connectivity index is 1.86. The van der Waals surface area contributed by atoms with E-state index in [1.807, 2.05) is 18.2 Å². The number of aromatic nitrogens is 2. The molecule has 3 aromatic rings. The summed E-state index contributed by atoms with van der Waals surface area (Å²) in [5, 5.41) is 3.37. The van der Waals surface area contributed by atoms with Crippen LogP contribution in [0.25, 0.3) is 11.3 Å². The lowest BCUT2D eigenvalue weighted by atomic mass is 9.89. The van der Waals surface area contributed by atoms with Crippen LogP contribution in [0, 0.1) is 20.8 Å². The maximum Gasteiger partial charge on any atom is 0.350 e. The van der Waals surface area contributed by atoms with Crippen molar-refractivity contribution in [2.45, 2.75) is 40.2 Å². The molecule has 6 nitrogen and oxygen atoms in total. The Hall–Kier alpha value is -3.28. The van der Waals surface area contributed by atoms with Crippen LogP contribution in [0.1, 0.15) is 35.1 Å². The van der Waals surface area contributed by atoms with Gasteiger partial charge in [-0.3, -0.25) is 4.57 Å². The van der Waals surface area contributed by atoms with Gasteiger partial charge in [0, 0.05) is 29.8 Å². The van der Waals surface area contributed by atoms with Crippen molar-refractivity contribution < 1.29 is 9.47 Å². The standard InChI is InChI=1S/C24H27N3O3/c1-13-7-14(2)23(15(3)8-13)25-22-11-19-18-10-21(30-6)20(29-5)9-17(18)16(4)12-27(19)24(28)26-22/h7-11,16H,12H2,1-6H3,(H,25,26,28). The fourth-order valence-corrected chi connectivity index (χ4v) is 4.37. The van der Waals surface area contributed by atoms with Gasteiger partial charge in [0.05, 0.1) is 19.9 Å². The van der Waals surface area contributed by atoms with Crippen molar-refractivity contribution in [2.75, 3.05) is 19.5 Å². The average molecular weight is 405 g/mol. The maximum atomic E-state index is 12.9. The first-order valence-electron chi connectivity index (χ1n) is 10.1. The topological polar surface area (TPSA) is 65.4 Å². The predicted octanol–water partition coefficient (Wildman–Crippen LogP) is 4.71. The molecule has 156 valence electrons. The molecule has 1 aliphatic rings. The number of fused-ring (bicyclic) bond motifs is 3. The zero-order valence-electron chi connectivity index (χ0n) is 18.3. The van der Waals surface area contributed by atoms with E-state index in [0.717, 1.165) is 33.6 Å². The fourth-order valence-electron chi connectivity index (χ4n) is 4.37. The molecule has 2 heterocycles. The minimum atomic E-state index is -0.260. The molecule has 2 aromatic carbocycles. The summed E-state index contributed by atoms with van der Waals surface area (Å²) in [5.41, 5.74) is 7.09. The summed E-state index contributed by atoms with van der Waals surface area (Å²) < 4.78 is 12.7. The van der Waals surface area contributed by atoms with E-state index < -0.39 is 0 Å². The first-order chi connectivity index (χ1) is 14.3. The molecule has 1 N–H and O–H groups in total. The third-order valence-corrected chi connectivity index (χ3v) is 5.76. The number of hydrogen-bond donors (Lipinski definition) is 1. The Morgan fingerprint density at radius 1 is 1.00 bits per heavy atom. The van der Waals surface area contributed by atoms with Crippen LogP contribution >= 0.6 is 0 Å². The van der Waals surface area contributed by atoms with Gasteiger partial charge < -0.3 is 14.8 Å². The zero-order chi connectivity index (χ0) is 21.6. The van der Waals surface area contributed by atoms with Crippen LogP contribution in [0.5, 0.6) is 11.5 Å². The highest BCUT2D eigenvalue weighted by atomic mass is 16.5. The molecular formula is C24H27N3O3. The molecule has 1 atom stereocenters. The van der Waals surface area contributed by atoms with Crippen LogP contribution in [0.3, 0.4) is 0 Å². The lowest BCUT2D eigenvalue weighted by molar-refractivity contribution is 0.354. The number of nitrogens with one attached hydrogen (secondary N) is 1. The molecule has 0 spiro atoms. The predicted molar refractivity (Wildman–Crippen MR) is 119 cm³/mol. The highest BCUT2D eigenvalue weighted by Crippen LogP contribution is 2.42. The first kappa shape index (κ1) is 20.0. The van der Waals surface area contributed by atoms with E-state index >= 15 is 0 Å². The van der Waals surface area contributed by atoms with Gasteiger partial charge in [0.15, 0.2) is 11.5 Å². The quantitative estimate of drug-likeness (QED) is 0.681. The van der Waals surface area contributed by atoms with Crippen molar-refractivity contribution in [1.82, 2.24) is 9.55 Å². The number of methoxy groups -OCH3 is 2. The van der Waals surface area contributed by atoms with Crippen molar-refractivity contribution in [3.05, 3.63) is 63.1 Å². The molecule has 4 rings (SSSR count). The molecule has 1 aliphatic heterocycles. The third-order valence-electron chi connectivity index (χ3n) is 5.76. The van der Waals surface area contributed by atoms with Crippen molar-refractivity contribution in [2.24, 2.45) is 0 Å². The molecule has 1 unspecified atom stereocenters. The lowest BCUT2D eigenvalue weighted by Gasteiger charge is -2.28. The number of ether oxygens (including phenoxy) is 2. The smallest absolute Gasteiger partial charge is 0.350 e. The molecule has 0 fully saturated rings. The second-order valence-corrected chi connectivity index (χ2v) is 8.01. The van der Waals surface area contributed by atoms with E-state index in [1.54, 1.807) is 18.8 Å². The Labute approximate surface area is 176 Å². The number of benzene rings is 2. The molecule has 0 aliphatic carbocycles. The Morgan fingerprint density at radius 2 is 1.63 bits per heavy atom. The van der Waals surface area contributed by atoms with Gasteiger partial charge in [-0.05, 0) is 49.6 Å². The molecule has 0 radical (unpaired) electrons. The Morgan fingerprint density at radius 3 is 2.27 bits per heavy atom. The monoisotopic (exact) mass is 405 g/mol. The van der Waals surface area contributed by atoms with Crippen molar-refractivity contribution >= 4 is 11.5 Å². The van der Waals surface area contributed by atoms with E-state index in [2.05, 4.69) is 50.1 Å². The summed E-state index contributed by atoms with van der Waals surface area (Å²) in [7, 11) is 3.25. The normalized spacial score (nSPS) is 14.7. The van der Waals surface area contributed by atoms with Gasteiger partial charge in [-0.15, -0.1) is 0 Å². The number of aryl methyl sites for hydroxylation is 3. The van der Waals surface area contributed by atoms with E-state index in [0.29, 0.717) is 23.9 Å². The lowest BCUT2D eigenvalue weighted by Crippen LogP contribution is -2.30. The van der Waals surface area contributed by atoms with E-state index in [4.69, 9.17) is 9.47 Å². The highest BCUT2D eigenvalue weighted by molar-refractivity contribution is 5.74. The van der Waals surface area contributed by atoms with Gasteiger partial charge in [0.2, 0.25) is 0 Å². The Kier molecular flexibility index (Phi) is 5.02. The van der Waals surface area contributed by atoms with Crippen LogP contribution in [0.15, 0.2) is 35.1 Å². The van der Waals surface area contributed by atoms with Gasteiger partial charge in [-0.1, -0.05) is 24.6 Å². The molecular weight excluding hydrogens is 378 g/mol. The summed E-state index contributed by atoms with van der Waals surface area (Å²) in [4.78, 5) is 17.2. The summed E-state index contributed by atoms with van der Waals surface area (Å²) in [5.74, 6) is 2.03. The first-order valence-corrected chi connectivity index (χ1v) is 10.1. The van der Waals surface area contributed by atoms with Gasteiger partial charge in [0.25, 0.3) is 0 Å². The summed E-state index contributed by atoms with van der Waals surface area (Å²) >= 11 is 0. The average Bonchev–Trinajstić information content (AvgIpc) is 2.70. The van der Waals surface area contributed by atoms with Crippen LogP contribution in [0.2, 0.25) is 0 Å². The second-order valence-electron chi connectivity index (χ2n) is 8.01.